The molecule has 0 saturated heterocycles. The number of ether oxygens (including phenoxy) is 1. The van der Waals surface area contributed by atoms with Crippen molar-refractivity contribution in [2.45, 2.75) is 19.8 Å². The minimum Gasteiger partial charge on any atom is -0.461 e. The summed E-state index contributed by atoms with van der Waals surface area (Å²) in [5.41, 5.74) is 2.20. The van der Waals surface area contributed by atoms with E-state index in [-0.39, 0.29) is 5.70 Å². The molecule has 5 nitrogen and oxygen atoms in total. The van der Waals surface area contributed by atoms with Crippen molar-refractivity contribution in [1.82, 2.24) is 9.88 Å². The molecule has 0 atom stereocenters. The van der Waals surface area contributed by atoms with Crippen molar-refractivity contribution in [3.63, 3.8) is 0 Å². The van der Waals surface area contributed by atoms with Crippen molar-refractivity contribution in [2.75, 3.05) is 6.61 Å². The maximum atomic E-state index is 12.7. The Balaban J connectivity index is 1.96. The highest BCUT2D eigenvalue weighted by Gasteiger charge is 2.18. The normalized spacial score (nSPS) is 11.5. The first-order valence-electron chi connectivity index (χ1n) is 9.50. The van der Waals surface area contributed by atoms with Crippen LogP contribution in [0, 0.1) is 0 Å². The summed E-state index contributed by atoms with van der Waals surface area (Å²) in [6, 6.07) is 14.5. The van der Waals surface area contributed by atoms with Crippen LogP contribution in [0.1, 0.15) is 35.7 Å². The van der Waals surface area contributed by atoms with Gasteiger partial charge in [0, 0.05) is 29.7 Å². The maximum absolute atomic E-state index is 12.7. The van der Waals surface area contributed by atoms with Crippen molar-refractivity contribution in [1.29, 1.82) is 0 Å². The minimum absolute atomic E-state index is 0.0716. The number of aryl methyl sites for hydroxylation is 1. The molecule has 0 aliphatic heterocycles. The van der Waals surface area contributed by atoms with Crippen LogP contribution in [0.4, 0.5) is 0 Å². The summed E-state index contributed by atoms with van der Waals surface area (Å²) >= 11 is 6.13. The molecule has 1 amide bonds. The summed E-state index contributed by atoms with van der Waals surface area (Å²) in [5.74, 6) is -1.04. The van der Waals surface area contributed by atoms with Crippen molar-refractivity contribution >= 4 is 40.5 Å². The van der Waals surface area contributed by atoms with Gasteiger partial charge in [0.1, 0.15) is 5.70 Å². The standard InChI is InChI=1S/C23H23ClN2O3/c1-3-4-13-29-23(28)20(25-22(27)18-10-5-7-11-19(18)24)14-16-15-26(2)21-12-8-6-9-17(16)21/h5-12,14-15H,3-4,13H2,1-2H3,(H,25,27)/b20-14-. The first-order chi connectivity index (χ1) is 14.0. The lowest BCUT2D eigenvalue weighted by Gasteiger charge is -2.11. The van der Waals surface area contributed by atoms with Crippen LogP contribution in [-0.2, 0) is 16.6 Å². The Labute approximate surface area is 174 Å². The molecule has 0 unspecified atom stereocenters. The monoisotopic (exact) mass is 410 g/mol. The molecule has 0 saturated carbocycles. The Hall–Kier alpha value is -3.05. The van der Waals surface area contributed by atoms with Gasteiger partial charge < -0.3 is 14.6 Å². The molecule has 3 rings (SSSR count). The summed E-state index contributed by atoms with van der Waals surface area (Å²) in [6.45, 7) is 2.31. The van der Waals surface area contributed by atoms with Crippen LogP contribution < -0.4 is 5.32 Å². The van der Waals surface area contributed by atoms with E-state index in [0.717, 1.165) is 29.3 Å². The minimum atomic E-state index is -0.577. The average molecular weight is 411 g/mol. The molecule has 2 aromatic carbocycles. The number of rotatable bonds is 7. The zero-order chi connectivity index (χ0) is 20.8. The topological polar surface area (TPSA) is 60.3 Å². The number of carbonyl (C=O) groups excluding carboxylic acids is 2. The number of fused-ring (bicyclic) bond motifs is 1. The number of nitrogens with one attached hydrogen (secondary N) is 1. The number of nitrogens with zero attached hydrogens (tertiary/aromatic N) is 1. The van der Waals surface area contributed by atoms with Crippen molar-refractivity contribution in [3.8, 4) is 0 Å². The van der Waals surface area contributed by atoms with Crippen LogP contribution in [0.3, 0.4) is 0 Å². The third-order valence-electron chi connectivity index (χ3n) is 4.55. The van der Waals surface area contributed by atoms with Crippen molar-refractivity contribution in [2.24, 2.45) is 7.05 Å². The molecule has 0 bridgehead atoms. The third kappa shape index (κ3) is 4.87. The average Bonchev–Trinajstić information content (AvgIpc) is 3.03. The Morgan fingerprint density at radius 1 is 1.14 bits per heavy atom. The number of carbonyl (C=O) groups is 2. The van der Waals surface area contributed by atoms with E-state index in [1.807, 2.05) is 49.0 Å². The summed E-state index contributed by atoms with van der Waals surface area (Å²) < 4.78 is 7.31. The highest BCUT2D eigenvalue weighted by Crippen LogP contribution is 2.23. The van der Waals surface area contributed by atoms with E-state index in [1.54, 1.807) is 30.3 Å². The fraction of sp³-hybridized carbons (Fsp3) is 0.217. The molecule has 1 aromatic heterocycles. The SMILES string of the molecule is CCCCOC(=O)/C(=C/c1cn(C)c2ccccc12)NC(=O)c1ccccc1Cl. The number of unbranched alkanes of at least 4 members (excludes halogenated alkanes) is 1. The number of hydrogen-bond donors (Lipinski definition) is 1. The van der Waals surface area contributed by atoms with E-state index in [0.29, 0.717) is 17.2 Å². The molecular weight excluding hydrogens is 388 g/mol. The van der Waals surface area contributed by atoms with Gasteiger partial charge in [-0.1, -0.05) is 55.3 Å². The first kappa shape index (κ1) is 20.7. The third-order valence-corrected chi connectivity index (χ3v) is 4.87. The molecule has 1 N–H and O–H groups in total. The fourth-order valence-corrected chi connectivity index (χ4v) is 3.23. The van der Waals surface area contributed by atoms with E-state index >= 15 is 0 Å². The zero-order valence-electron chi connectivity index (χ0n) is 16.4. The molecule has 0 radical (unpaired) electrons. The van der Waals surface area contributed by atoms with Crippen LogP contribution >= 0.6 is 11.6 Å². The van der Waals surface area contributed by atoms with E-state index in [2.05, 4.69) is 5.32 Å². The highest BCUT2D eigenvalue weighted by atomic mass is 35.5. The number of hydrogen-bond acceptors (Lipinski definition) is 3. The molecule has 6 heteroatoms. The highest BCUT2D eigenvalue weighted by molar-refractivity contribution is 6.34. The predicted molar refractivity (Wildman–Crippen MR) is 116 cm³/mol. The second kappa shape index (κ2) is 9.43. The second-order valence-electron chi connectivity index (χ2n) is 6.69. The van der Waals surface area contributed by atoms with Gasteiger partial charge in [-0.2, -0.15) is 0 Å². The predicted octanol–water partition coefficient (Wildman–Crippen LogP) is 4.95. The molecule has 1 heterocycles. The Morgan fingerprint density at radius 2 is 1.86 bits per heavy atom. The largest absolute Gasteiger partial charge is 0.461 e. The number of para-hydroxylation sites is 1. The van der Waals surface area contributed by atoms with Crippen LogP contribution in [0.2, 0.25) is 5.02 Å². The van der Waals surface area contributed by atoms with Gasteiger partial charge in [-0.15, -0.1) is 0 Å². The van der Waals surface area contributed by atoms with Gasteiger partial charge >= 0.3 is 5.97 Å². The van der Waals surface area contributed by atoms with Crippen LogP contribution in [0.5, 0.6) is 0 Å². The fourth-order valence-electron chi connectivity index (χ4n) is 3.01. The van der Waals surface area contributed by atoms with E-state index < -0.39 is 11.9 Å². The smallest absolute Gasteiger partial charge is 0.354 e. The summed E-state index contributed by atoms with van der Waals surface area (Å²) in [5, 5.41) is 3.96. The Bertz CT molecular complexity index is 1070. The molecule has 0 aliphatic rings. The van der Waals surface area contributed by atoms with Gasteiger partial charge in [-0.3, -0.25) is 4.79 Å². The quantitative estimate of drug-likeness (QED) is 0.340. The van der Waals surface area contributed by atoms with Gasteiger partial charge in [0.15, 0.2) is 0 Å². The Kier molecular flexibility index (Phi) is 6.73. The van der Waals surface area contributed by atoms with E-state index in [1.165, 1.54) is 0 Å². The number of benzene rings is 2. The van der Waals surface area contributed by atoms with Gasteiger partial charge in [0.25, 0.3) is 5.91 Å². The Morgan fingerprint density at radius 3 is 2.62 bits per heavy atom. The molecule has 0 spiro atoms. The van der Waals surface area contributed by atoms with Gasteiger partial charge in [-0.05, 0) is 30.7 Å². The summed E-state index contributed by atoms with van der Waals surface area (Å²) in [6.07, 6.45) is 5.21. The van der Waals surface area contributed by atoms with Gasteiger partial charge in [-0.25, -0.2) is 4.79 Å². The van der Waals surface area contributed by atoms with Gasteiger partial charge in [0.05, 0.1) is 17.2 Å². The van der Waals surface area contributed by atoms with Gasteiger partial charge in [0.2, 0.25) is 0 Å². The summed E-state index contributed by atoms with van der Waals surface area (Å²) in [7, 11) is 1.93. The number of halogens is 1. The maximum Gasteiger partial charge on any atom is 0.354 e. The van der Waals surface area contributed by atoms with Crippen molar-refractivity contribution in [3.05, 3.63) is 76.6 Å². The summed E-state index contributed by atoms with van der Waals surface area (Å²) in [4.78, 5) is 25.4. The van der Waals surface area contributed by atoms with Crippen LogP contribution in [-0.4, -0.2) is 23.1 Å². The first-order valence-corrected chi connectivity index (χ1v) is 9.87. The molecule has 0 aliphatic carbocycles. The second-order valence-corrected chi connectivity index (χ2v) is 7.10. The zero-order valence-corrected chi connectivity index (χ0v) is 17.2. The molecular formula is C23H23ClN2O3. The lowest BCUT2D eigenvalue weighted by atomic mass is 10.1. The van der Waals surface area contributed by atoms with Crippen LogP contribution in [0.15, 0.2) is 60.4 Å². The molecule has 150 valence electrons. The number of esters is 1. The molecule has 3 aromatic rings. The van der Waals surface area contributed by atoms with E-state index in [4.69, 9.17) is 16.3 Å². The number of aromatic nitrogens is 1. The molecule has 29 heavy (non-hydrogen) atoms. The lowest BCUT2D eigenvalue weighted by Crippen LogP contribution is -2.29. The molecule has 0 fully saturated rings. The lowest BCUT2D eigenvalue weighted by molar-refractivity contribution is -0.139. The van der Waals surface area contributed by atoms with Crippen molar-refractivity contribution < 1.29 is 14.3 Å². The van der Waals surface area contributed by atoms with E-state index in [9.17, 15) is 9.59 Å². The van der Waals surface area contributed by atoms with Crippen LogP contribution in [0.25, 0.3) is 17.0 Å². The number of amides is 1.